The zero-order valence-electron chi connectivity index (χ0n) is 13.7. The minimum atomic E-state index is 0.739. The molecular weight excluding hydrogens is 240 g/mol. The molecule has 0 N–H and O–H groups in total. The molecule has 4 rings (SSSR count). The highest BCUT2D eigenvalue weighted by atomic mass is 14.6. The van der Waals surface area contributed by atoms with Gasteiger partial charge in [-0.2, -0.15) is 0 Å². The molecule has 0 aromatic rings. The molecule has 0 aromatic carbocycles. The molecule has 0 saturated heterocycles. The van der Waals surface area contributed by atoms with Crippen LogP contribution in [0.3, 0.4) is 0 Å². The summed E-state index contributed by atoms with van der Waals surface area (Å²) in [7, 11) is 0. The zero-order valence-corrected chi connectivity index (χ0v) is 13.7. The summed E-state index contributed by atoms with van der Waals surface area (Å²) in [5.41, 5.74) is 0.739. The molecule has 0 radical (unpaired) electrons. The molecule has 0 spiro atoms. The van der Waals surface area contributed by atoms with E-state index in [9.17, 15) is 0 Å². The van der Waals surface area contributed by atoms with Gasteiger partial charge < -0.3 is 0 Å². The molecular formula is C20H34. The summed E-state index contributed by atoms with van der Waals surface area (Å²) in [4.78, 5) is 0. The van der Waals surface area contributed by atoms with Gasteiger partial charge >= 0.3 is 0 Å². The van der Waals surface area contributed by atoms with Crippen LogP contribution in [0.4, 0.5) is 0 Å². The first kappa shape index (κ1) is 13.6. The Morgan fingerprint density at radius 2 is 1.75 bits per heavy atom. The lowest BCUT2D eigenvalue weighted by Crippen LogP contribution is -2.46. The van der Waals surface area contributed by atoms with E-state index in [-0.39, 0.29) is 0 Å². The van der Waals surface area contributed by atoms with Crippen LogP contribution in [0.25, 0.3) is 0 Å². The summed E-state index contributed by atoms with van der Waals surface area (Å²) < 4.78 is 0. The van der Waals surface area contributed by atoms with E-state index < -0.39 is 0 Å². The van der Waals surface area contributed by atoms with Crippen LogP contribution < -0.4 is 0 Å². The molecule has 4 saturated carbocycles. The second-order valence-electron chi connectivity index (χ2n) is 9.13. The fourth-order valence-corrected chi connectivity index (χ4v) is 7.35. The zero-order chi connectivity index (χ0) is 13.7. The van der Waals surface area contributed by atoms with Crippen LogP contribution in [-0.2, 0) is 0 Å². The third kappa shape index (κ3) is 2.00. The molecule has 0 bridgehead atoms. The monoisotopic (exact) mass is 274 g/mol. The van der Waals surface area contributed by atoms with Gasteiger partial charge in [-0.05, 0) is 85.9 Å². The van der Waals surface area contributed by atoms with Crippen LogP contribution in [-0.4, -0.2) is 0 Å². The quantitative estimate of drug-likeness (QED) is 0.545. The maximum absolute atomic E-state index is 2.66. The van der Waals surface area contributed by atoms with Crippen LogP contribution in [0.2, 0.25) is 0 Å². The smallest absolute Gasteiger partial charge is 0.0292 e. The van der Waals surface area contributed by atoms with Crippen molar-refractivity contribution in [2.24, 2.45) is 40.9 Å². The van der Waals surface area contributed by atoms with Crippen molar-refractivity contribution in [3.05, 3.63) is 0 Å². The molecule has 4 aliphatic carbocycles. The van der Waals surface area contributed by atoms with Gasteiger partial charge in [0.1, 0.15) is 0 Å². The van der Waals surface area contributed by atoms with Gasteiger partial charge in [0.2, 0.25) is 0 Å². The van der Waals surface area contributed by atoms with Crippen LogP contribution in [0.5, 0.6) is 0 Å². The SMILES string of the molecule is CCC1C[C@H]2[C@@H]3CCC4CCCC[C@@H]4[C@H]3CC[C@]2(C)C1. The fourth-order valence-electron chi connectivity index (χ4n) is 7.35. The molecule has 20 heavy (non-hydrogen) atoms. The molecule has 4 fully saturated rings. The molecule has 0 aliphatic heterocycles. The van der Waals surface area contributed by atoms with Crippen molar-refractivity contribution in [2.75, 3.05) is 0 Å². The van der Waals surface area contributed by atoms with Crippen LogP contribution in [0.15, 0.2) is 0 Å². The number of rotatable bonds is 1. The van der Waals surface area contributed by atoms with Gasteiger partial charge in [0.15, 0.2) is 0 Å². The molecule has 7 atom stereocenters. The summed E-state index contributed by atoms with van der Waals surface area (Å²) in [6.07, 6.45) is 17.2. The second kappa shape index (κ2) is 5.03. The lowest BCUT2D eigenvalue weighted by atomic mass is 9.51. The van der Waals surface area contributed by atoms with Crippen LogP contribution in [0, 0.1) is 40.9 Å². The van der Waals surface area contributed by atoms with E-state index >= 15 is 0 Å². The maximum Gasteiger partial charge on any atom is -0.0292 e. The highest BCUT2D eigenvalue weighted by molar-refractivity contribution is 5.04. The van der Waals surface area contributed by atoms with Crippen LogP contribution >= 0.6 is 0 Å². The molecule has 0 heteroatoms. The highest BCUT2D eigenvalue weighted by Gasteiger charge is 2.54. The average Bonchev–Trinajstić information content (AvgIpc) is 2.84. The van der Waals surface area contributed by atoms with Gasteiger partial charge in [-0.15, -0.1) is 0 Å². The average molecular weight is 274 g/mol. The van der Waals surface area contributed by atoms with Crippen molar-refractivity contribution in [3.63, 3.8) is 0 Å². The van der Waals surface area contributed by atoms with Gasteiger partial charge in [-0.3, -0.25) is 0 Å². The highest BCUT2D eigenvalue weighted by Crippen LogP contribution is 2.63. The molecule has 0 nitrogen and oxygen atoms in total. The summed E-state index contributed by atoms with van der Waals surface area (Å²) in [5.74, 6) is 6.72. The van der Waals surface area contributed by atoms with Gasteiger partial charge in [-0.25, -0.2) is 0 Å². The van der Waals surface area contributed by atoms with E-state index in [4.69, 9.17) is 0 Å². The maximum atomic E-state index is 2.66. The first-order chi connectivity index (χ1) is 9.71. The number of hydrogen-bond donors (Lipinski definition) is 0. The number of hydrogen-bond acceptors (Lipinski definition) is 0. The van der Waals surface area contributed by atoms with E-state index in [1.807, 2.05) is 0 Å². The summed E-state index contributed by atoms with van der Waals surface area (Å²) >= 11 is 0. The molecule has 2 unspecified atom stereocenters. The van der Waals surface area contributed by atoms with E-state index in [1.54, 1.807) is 57.8 Å². The van der Waals surface area contributed by atoms with Crippen LogP contribution in [0.1, 0.15) is 84.5 Å². The molecule has 114 valence electrons. The van der Waals surface area contributed by atoms with E-state index in [0.29, 0.717) is 0 Å². The Bertz CT molecular complexity index is 359. The largest absolute Gasteiger partial charge is 0.0651 e. The van der Waals surface area contributed by atoms with E-state index in [1.165, 1.54) is 12.8 Å². The Balaban J connectivity index is 1.56. The van der Waals surface area contributed by atoms with E-state index in [2.05, 4.69) is 13.8 Å². The normalized spacial score (nSPS) is 54.9. The van der Waals surface area contributed by atoms with E-state index in [0.717, 1.165) is 40.9 Å². The van der Waals surface area contributed by atoms with Crippen molar-refractivity contribution in [2.45, 2.75) is 84.5 Å². The third-order valence-corrected chi connectivity index (χ3v) is 8.32. The van der Waals surface area contributed by atoms with Gasteiger partial charge in [0.05, 0.1) is 0 Å². The lowest BCUT2D eigenvalue weighted by Gasteiger charge is -2.54. The molecule has 0 amide bonds. The topological polar surface area (TPSA) is 0 Å². The predicted molar refractivity (Wildman–Crippen MR) is 85.5 cm³/mol. The Labute approximate surface area is 126 Å². The predicted octanol–water partition coefficient (Wildman–Crippen LogP) is 6.06. The summed E-state index contributed by atoms with van der Waals surface area (Å²) in [6, 6.07) is 0. The summed E-state index contributed by atoms with van der Waals surface area (Å²) in [5, 5.41) is 0. The van der Waals surface area contributed by atoms with Crippen molar-refractivity contribution >= 4 is 0 Å². The Morgan fingerprint density at radius 3 is 2.60 bits per heavy atom. The van der Waals surface area contributed by atoms with Crippen molar-refractivity contribution in [3.8, 4) is 0 Å². The van der Waals surface area contributed by atoms with Gasteiger partial charge in [0.25, 0.3) is 0 Å². The van der Waals surface area contributed by atoms with Gasteiger partial charge in [-0.1, -0.05) is 39.5 Å². The Hall–Kier alpha value is 0. The molecule has 4 aliphatic rings. The third-order valence-electron chi connectivity index (χ3n) is 8.32. The minimum absolute atomic E-state index is 0.739. The van der Waals surface area contributed by atoms with Crippen molar-refractivity contribution in [1.29, 1.82) is 0 Å². The standard InChI is InChI=1S/C20H34/c1-3-14-12-19-18-9-8-15-6-4-5-7-16(15)17(18)10-11-20(19,2)13-14/h14-19H,3-13H2,1-2H3/t14?,15?,16-,17+,18+,19-,20+/m0/s1. The molecule has 0 aromatic heterocycles. The number of fused-ring (bicyclic) bond motifs is 5. The minimum Gasteiger partial charge on any atom is -0.0651 e. The fraction of sp³-hybridized carbons (Fsp3) is 1.00. The Kier molecular flexibility index (Phi) is 3.43. The molecule has 0 heterocycles. The van der Waals surface area contributed by atoms with Crippen molar-refractivity contribution < 1.29 is 0 Å². The van der Waals surface area contributed by atoms with Gasteiger partial charge in [0, 0.05) is 0 Å². The first-order valence-electron chi connectivity index (χ1n) is 9.71. The first-order valence-corrected chi connectivity index (χ1v) is 9.71. The second-order valence-corrected chi connectivity index (χ2v) is 9.13. The lowest BCUT2D eigenvalue weighted by molar-refractivity contribution is -0.0492. The van der Waals surface area contributed by atoms with Crippen molar-refractivity contribution in [1.82, 2.24) is 0 Å². The Morgan fingerprint density at radius 1 is 0.900 bits per heavy atom. The summed E-state index contributed by atoms with van der Waals surface area (Å²) in [6.45, 7) is 5.09.